The Kier molecular flexibility index (Phi) is 3.76. The molecule has 2 saturated carbocycles. The maximum absolute atomic E-state index is 12.2. The number of carbonyl (C=O) groups excluding carboxylic acids is 2. The summed E-state index contributed by atoms with van der Waals surface area (Å²) in [6.07, 6.45) is 8.89. The van der Waals surface area contributed by atoms with Crippen LogP contribution in [0.15, 0.2) is 24.4 Å². The third kappa shape index (κ3) is 2.68. The summed E-state index contributed by atoms with van der Waals surface area (Å²) >= 11 is 0. The number of aromatic amines is 1. The average molecular weight is 375 g/mol. The van der Waals surface area contributed by atoms with Crippen LogP contribution in [-0.4, -0.2) is 46.3 Å². The van der Waals surface area contributed by atoms with Gasteiger partial charge >= 0.3 is 0 Å². The van der Waals surface area contributed by atoms with Gasteiger partial charge in [-0.3, -0.25) is 14.5 Å². The molecule has 3 aliphatic rings. The Balaban J connectivity index is 1.57. The molecule has 0 unspecified atom stereocenters. The van der Waals surface area contributed by atoms with Gasteiger partial charge < -0.3 is 9.88 Å². The Morgan fingerprint density at radius 1 is 1.46 bits per heavy atom. The van der Waals surface area contributed by atoms with Crippen LogP contribution in [0.1, 0.15) is 37.7 Å². The van der Waals surface area contributed by atoms with Gasteiger partial charge in [0.25, 0.3) is 0 Å². The predicted octanol–water partition coefficient (Wildman–Crippen LogP) is 2.61. The Hall–Kier alpha value is -3.14. The number of nitriles is 1. The van der Waals surface area contributed by atoms with Crippen LogP contribution in [0.3, 0.4) is 0 Å². The molecule has 2 aromatic rings. The Morgan fingerprint density at radius 3 is 2.96 bits per heavy atom. The van der Waals surface area contributed by atoms with Crippen molar-refractivity contribution in [2.75, 3.05) is 18.0 Å². The minimum absolute atomic E-state index is 0.0439. The zero-order valence-electron chi connectivity index (χ0n) is 15.5. The van der Waals surface area contributed by atoms with Gasteiger partial charge in [-0.2, -0.15) is 5.26 Å². The number of hydrogen-bond acceptors (Lipinski definition) is 4. The summed E-state index contributed by atoms with van der Waals surface area (Å²) in [7, 11) is 0. The van der Waals surface area contributed by atoms with Gasteiger partial charge in [-0.25, -0.2) is 4.98 Å². The molecule has 0 saturated heterocycles. The maximum atomic E-state index is 12.2. The van der Waals surface area contributed by atoms with Gasteiger partial charge in [0.15, 0.2) is 0 Å². The molecule has 5 rings (SSSR count). The molecule has 1 spiro atoms. The number of amides is 2. The number of hydrogen-bond donors (Lipinski definition) is 1. The van der Waals surface area contributed by atoms with E-state index >= 15 is 0 Å². The number of H-pyrrole nitrogens is 1. The van der Waals surface area contributed by atoms with E-state index in [2.05, 4.69) is 16.0 Å². The molecule has 0 atom stereocenters. The molecule has 0 radical (unpaired) electrons. The standard InChI is InChI=1S/C21H21N5O2/c22-8-3-19(28)25-10-5-17(21(12-25)6-7-21)16-11-18(26(13-27)14-1-2-14)24-20-15(16)4-9-23-20/h4-5,9,11,13-14H,1-3,6-7,10,12H2,(H,23,24). The van der Waals surface area contributed by atoms with Gasteiger partial charge in [-0.1, -0.05) is 6.08 Å². The van der Waals surface area contributed by atoms with Gasteiger partial charge in [-0.05, 0) is 49.0 Å². The summed E-state index contributed by atoms with van der Waals surface area (Å²) in [5, 5.41) is 9.88. The first-order valence-corrected chi connectivity index (χ1v) is 9.73. The van der Waals surface area contributed by atoms with Gasteiger partial charge in [0, 0.05) is 36.1 Å². The normalized spacial score (nSPS) is 20.0. The molecule has 0 bridgehead atoms. The van der Waals surface area contributed by atoms with Crippen molar-refractivity contribution in [1.29, 1.82) is 5.26 Å². The summed E-state index contributed by atoms with van der Waals surface area (Å²) in [4.78, 5) is 35.2. The van der Waals surface area contributed by atoms with Gasteiger partial charge in [0.2, 0.25) is 12.3 Å². The van der Waals surface area contributed by atoms with Gasteiger partial charge in [-0.15, -0.1) is 0 Å². The summed E-state index contributed by atoms with van der Waals surface area (Å²) in [6.45, 7) is 1.17. The number of carbonyl (C=O) groups is 2. The fourth-order valence-electron chi connectivity index (χ4n) is 4.34. The molecule has 2 aliphatic carbocycles. The lowest BCUT2D eigenvalue weighted by molar-refractivity contribution is -0.130. The molecule has 7 nitrogen and oxygen atoms in total. The monoisotopic (exact) mass is 375 g/mol. The summed E-state index contributed by atoms with van der Waals surface area (Å²) < 4.78 is 0. The van der Waals surface area contributed by atoms with Crippen LogP contribution in [0.2, 0.25) is 0 Å². The minimum Gasteiger partial charge on any atom is -0.346 e. The lowest BCUT2D eigenvalue weighted by Crippen LogP contribution is -2.39. The van der Waals surface area contributed by atoms with E-state index in [1.165, 1.54) is 5.57 Å². The van der Waals surface area contributed by atoms with Crippen LogP contribution < -0.4 is 4.90 Å². The predicted molar refractivity (Wildman–Crippen MR) is 104 cm³/mol. The number of pyridine rings is 1. The van der Waals surface area contributed by atoms with E-state index in [9.17, 15) is 9.59 Å². The molecule has 0 aromatic carbocycles. The molecule has 3 heterocycles. The van der Waals surface area contributed by atoms with Crippen LogP contribution in [0.5, 0.6) is 0 Å². The molecule has 2 amide bonds. The van der Waals surface area contributed by atoms with Crippen LogP contribution >= 0.6 is 0 Å². The highest BCUT2D eigenvalue weighted by atomic mass is 16.2. The number of aromatic nitrogens is 2. The molecular weight excluding hydrogens is 354 g/mol. The second-order valence-electron chi connectivity index (χ2n) is 8.02. The lowest BCUT2D eigenvalue weighted by atomic mass is 9.85. The number of anilines is 1. The van der Waals surface area contributed by atoms with E-state index in [1.807, 2.05) is 24.4 Å². The van der Waals surface area contributed by atoms with E-state index in [4.69, 9.17) is 5.26 Å². The summed E-state index contributed by atoms with van der Waals surface area (Å²) in [6, 6.07) is 6.26. The molecule has 28 heavy (non-hydrogen) atoms. The lowest BCUT2D eigenvalue weighted by Gasteiger charge is -2.33. The number of rotatable bonds is 5. The molecular formula is C21H21N5O2. The SMILES string of the molecule is N#CCC(=O)N1CC=C(c2cc(N(C=O)C3CC3)nc3[nH]ccc23)C2(CC2)C1. The first-order chi connectivity index (χ1) is 13.6. The minimum atomic E-state index is -0.104. The first-order valence-electron chi connectivity index (χ1n) is 9.73. The number of fused-ring (bicyclic) bond motifs is 1. The third-order valence-corrected chi connectivity index (χ3v) is 6.14. The van der Waals surface area contributed by atoms with E-state index in [0.717, 1.165) is 48.7 Å². The highest BCUT2D eigenvalue weighted by Gasteiger charge is 2.50. The summed E-state index contributed by atoms with van der Waals surface area (Å²) in [5.74, 6) is 0.578. The Bertz CT molecular complexity index is 1040. The van der Waals surface area contributed by atoms with Gasteiger partial charge in [0.05, 0.1) is 6.07 Å². The van der Waals surface area contributed by atoms with E-state index in [0.29, 0.717) is 18.9 Å². The van der Waals surface area contributed by atoms with Crippen LogP contribution in [0, 0.1) is 16.7 Å². The quantitative estimate of drug-likeness (QED) is 0.813. The molecule has 1 aliphatic heterocycles. The molecule has 2 fully saturated rings. The maximum Gasteiger partial charge on any atom is 0.237 e. The van der Waals surface area contributed by atoms with Crippen molar-refractivity contribution in [3.63, 3.8) is 0 Å². The Labute approximate surface area is 162 Å². The number of nitrogens with one attached hydrogen (secondary N) is 1. The zero-order chi connectivity index (χ0) is 19.3. The molecule has 142 valence electrons. The summed E-state index contributed by atoms with van der Waals surface area (Å²) in [5.41, 5.74) is 3.07. The van der Waals surface area contributed by atoms with Crippen molar-refractivity contribution in [3.05, 3.63) is 30.0 Å². The fourth-order valence-corrected chi connectivity index (χ4v) is 4.34. The molecule has 1 N–H and O–H groups in total. The fraction of sp³-hybridized carbons (Fsp3) is 0.429. The van der Waals surface area contributed by atoms with E-state index in [1.54, 1.807) is 9.80 Å². The van der Waals surface area contributed by atoms with E-state index in [-0.39, 0.29) is 23.8 Å². The van der Waals surface area contributed by atoms with Crippen molar-refractivity contribution in [2.24, 2.45) is 5.41 Å². The third-order valence-electron chi connectivity index (χ3n) is 6.14. The highest BCUT2D eigenvalue weighted by molar-refractivity contribution is 5.95. The van der Waals surface area contributed by atoms with Crippen molar-refractivity contribution < 1.29 is 9.59 Å². The second kappa shape index (κ2) is 6.20. The highest BCUT2D eigenvalue weighted by Crippen LogP contribution is 2.58. The smallest absolute Gasteiger partial charge is 0.237 e. The van der Waals surface area contributed by atoms with Crippen LogP contribution in [-0.2, 0) is 9.59 Å². The van der Waals surface area contributed by atoms with Crippen molar-refractivity contribution in [2.45, 2.75) is 38.1 Å². The largest absolute Gasteiger partial charge is 0.346 e. The van der Waals surface area contributed by atoms with Crippen molar-refractivity contribution in [1.82, 2.24) is 14.9 Å². The average Bonchev–Trinajstić information content (AvgIpc) is 3.62. The van der Waals surface area contributed by atoms with E-state index < -0.39 is 0 Å². The zero-order valence-corrected chi connectivity index (χ0v) is 15.5. The Morgan fingerprint density at radius 2 is 2.29 bits per heavy atom. The first kappa shape index (κ1) is 17.0. The van der Waals surface area contributed by atoms with Crippen LogP contribution in [0.25, 0.3) is 16.6 Å². The topological polar surface area (TPSA) is 93.1 Å². The van der Waals surface area contributed by atoms with Crippen molar-refractivity contribution >= 4 is 34.7 Å². The second-order valence-corrected chi connectivity index (χ2v) is 8.02. The molecule has 7 heteroatoms. The van der Waals surface area contributed by atoms with Crippen molar-refractivity contribution in [3.8, 4) is 6.07 Å². The number of nitrogens with zero attached hydrogens (tertiary/aromatic N) is 4. The molecule has 2 aromatic heterocycles. The van der Waals surface area contributed by atoms with Crippen LogP contribution in [0.4, 0.5) is 5.82 Å². The van der Waals surface area contributed by atoms with Gasteiger partial charge in [0.1, 0.15) is 17.9 Å².